The van der Waals surface area contributed by atoms with Crippen LogP contribution in [-0.2, 0) is 19.1 Å². The maximum Gasteiger partial charge on any atom is 0.407 e. The summed E-state index contributed by atoms with van der Waals surface area (Å²) in [5.41, 5.74) is 5.92. The Morgan fingerprint density at radius 2 is 1.00 bits per heavy atom. The monoisotopic (exact) mass is 798 g/mol. The van der Waals surface area contributed by atoms with E-state index in [9.17, 15) is 19.2 Å². The van der Waals surface area contributed by atoms with Gasteiger partial charge < -0.3 is 39.9 Å². The van der Waals surface area contributed by atoms with E-state index in [-0.39, 0.29) is 50.9 Å². The van der Waals surface area contributed by atoms with Crippen LogP contribution in [0.2, 0.25) is 0 Å². The number of hydrogen-bond acceptors (Lipinski definition) is 8. The molecule has 4 N–H and O–H groups in total. The molecule has 0 unspecified atom stereocenters. The molecule has 2 aliphatic heterocycles. The van der Waals surface area contributed by atoms with Crippen molar-refractivity contribution in [2.45, 2.75) is 74.5 Å². The Bertz CT molecular complexity index is 2160. The summed E-state index contributed by atoms with van der Waals surface area (Å²) < 4.78 is 9.53. The Morgan fingerprint density at radius 3 is 1.36 bits per heavy atom. The number of fused-ring (bicyclic) bond motifs is 2. The van der Waals surface area contributed by atoms with Crippen LogP contribution in [0.4, 0.5) is 9.59 Å². The molecule has 3 aromatic carbocycles. The maximum atomic E-state index is 13.6. The van der Waals surface area contributed by atoms with Crippen LogP contribution < -0.4 is 10.6 Å². The molecular weight excluding hydrogens is 753 g/mol. The van der Waals surface area contributed by atoms with Crippen molar-refractivity contribution in [2.24, 2.45) is 0 Å². The molecule has 5 aromatic rings. The fourth-order valence-electron chi connectivity index (χ4n) is 8.25. The third kappa shape index (κ3) is 6.93. The van der Waals surface area contributed by atoms with Crippen molar-refractivity contribution in [3.8, 4) is 22.3 Å². The molecule has 2 aromatic heterocycles. The molecule has 2 saturated heterocycles. The van der Waals surface area contributed by atoms with Crippen molar-refractivity contribution < 1.29 is 28.7 Å². The molecule has 56 heavy (non-hydrogen) atoms. The van der Waals surface area contributed by atoms with Gasteiger partial charge in [-0.25, -0.2) is 19.6 Å². The molecule has 4 amide bonds. The summed E-state index contributed by atoms with van der Waals surface area (Å²) in [5.74, 6) is 1.36. The fraction of sp³-hybridized carbons (Fsp3) is 0.400. The van der Waals surface area contributed by atoms with E-state index in [1.807, 2.05) is 21.9 Å². The Morgan fingerprint density at radius 1 is 0.625 bits per heavy atom. The van der Waals surface area contributed by atoms with E-state index in [0.29, 0.717) is 38.8 Å². The first kappa shape index (κ1) is 39.0. The number of carbonyl (C=O) groups excluding carboxylic acids is 4. The number of methoxy groups -OCH3 is 2. The van der Waals surface area contributed by atoms with Gasteiger partial charge in [-0.15, -0.1) is 0 Å². The molecule has 4 heterocycles. The van der Waals surface area contributed by atoms with Crippen LogP contribution in [0.15, 0.2) is 60.7 Å². The average Bonchev–Trinajstić information content (AvgIpc) is 3.78. The number of ether oxygens (including phenoxy) is 2. The zero-order valence-corrected chi connectivity index (χ0v) is 33.2. The second-order valence-electron chi connectivity index (χ2n) is 15.0. The highest BCUT2D eigenvalue weighted by molar-refractivity contribution is 7.59. The van der Waals surface area contributed by atoms with Gasteiger partial charge in [0.25, 0.3) is 0 Å². The number of H-pyrrole nitrogens is 2. The standard InChI is InChI=1S/C40H42N8O6.2H2S/c1-53-37(51)45-39(15-16-39)35(49)47-19-3-5-31(47)33-41-27-13-11-25(21-29(27)43-33)23-7-9-24(10-8-23)26-12-14-28-30(22-26)44-34(42-28)32-6-4-20-48(32)36(50)40(17-18-40)46-38(52)54-2;;/h7-14,21-22,31-32H,3-6,15-20H2,1-2H3,(H,41,43)(H,42,44)(H,45,51)(H,46,52);2*1H2/t31-,32-;;/m0../s1. The SMILES string of the molecule is COC(=O)NC1(C(=O)N2CCC[C@H]2c2nc3ccc(-c4ccc(-c5ccc6nc([C@@H]7CCCN7C(=O)C7(NC(=O)OC)CC7)[nH]c6c5)cc4)cc3[nH]2)CC1.S.S. The van der Waals surface area contributed by atoms with E-state index in [4.69, 9.17) is 19.4 Å². The minimum atomic E-state index is -0.876. The summed E-state index contributed by atoms with van der Waals surface area (Å²) in [7, 11) is 2.61. The number of carbonyl (C=O) groups is 4. The highest BCUT2D eigenvalue weighted by atomic mass is 32.1. The molecule has 4 aliphatic rings. The van der Waals surface area contributed by atoms with Crippen molar-refractivity contribution in [1.82, 2.24) is 40.4 Å². The predicted molar refractivity (Wildman–Crippen MR) is 220 cm³/mol. The van der Waals surface area contributed by atoms with Crippen LogP contribution in [0.5, 0.6) is 0 Å². The number of nitrogens with zero attached hydrogens (tertiary/aromatic N) is 4. The van der Waals surface area contributed by atoms with Crippen LogP contribution in [0.1, 0.15) is 75.1 Å². The van der Waals surface area contributed by atoms with Crippen LogP contribution >= 0.6 is 27.0 Å². The predicted octanol–water partition coefficient (Wildman–Crippen LogP) is 6.10. The Balaban J connectivity index is 0.00000240. The topological polar surface area (TPSA) is 175 Å². The first-order valence-electron chi connectivity index (χ1n) is 18.6. The number of benzene rings is 3. The highest BCUT2D eigenvalue weighted by Gasteiger charge is 2.56. The smallest absolute Gasteiger partial charge is 0.407 e. The van der Waals surface area contributed by atoms with Crippen molar-refractivity contribution in [2.75, 3.05) is 27.3 Å². The molecule has 294 valence electrons. The van der Waals surface area contributed by atoms with E-state index < -0.39 is 23.3 Å². The number of imidazole rings is 2. The number of aromatic nitrogens is 4. The van der Waals surface area contributed by atoms with E-state index >= 15 is 0 Å². The molecule has 4 fully saturated rings. The van der Waals surface area contributed by atoms with Crippen molar-refractivity contribution in [3.05, 3.63) is 72.3 Å². The summed E-state index contributed by atoms with van der Waals surface area (Å²) >= 11 is 0. The van der Waals surface area contributed by atoms with Crippen molar-refractivity contribution in [3.63, 3.8) is 0 Å². The van der Waals surface area contributed by atoms with E-state index in [1.165, 1.54) is 14.2 Å². The lowest BCUT2D eigenvalue weighted by Crippen LogP contribution is -2.50. The molecule has 0 spiro atoms. The molecule has 0 radical (unpaired) electrons. The maximum absolute atomic E-state index is 13.6. The van der Waals surface area contributed by atoms with Gasteiger partial charge in [0.2, 0.25) is 11.8 Å². The molecular formula is C40H46N8O6S2. The zero-order chi connectivity index (χ0) is 37.2. The summed E-state index contributed by atoms with van der Waals surface area (Å²) in [6.45, 7) is 1.24. The minimum absolute atomic E-state index is 0. The van der Waals surface area contributed by atoms with Gasteiger partial charge in [-0.1, -0.05) is 36.4 Å². The van der Waals surface area contributed by atoms with Crippen molar-refractivity contribution >= 4 is 73.1 Å². The Kier molecular flexibility index (Phi) is 10.5. The summed E-state index contributed by atoms with van der Waals surface area (Å²) in [4.78, 5) is 71.4. The molecule has 14 nitrogen and oxygen atoms in total. The van der Waals surface area contributed by atoms with Gasteiger partial charge in [-0.2, -0.15) is 27.0 Å². The Labute approximate surface area is 337 Å². The van der Waals surface area contributed by atoms with Gasteiger partial charge in [0, 0.05) is 13.1 Å². The highest BCUT2D eigenvalue weighted by Crippen LogP contribution is 2.44. The van der Waals surface area contributed by atoms with Gasteiger partial charge in [-0.3, -0.25) is 9.59 Å². The third-order valence-electron chi connectivity index (χ3n) is 11.6. The average molecular weight is 799 g/mol. The molecule has 0 bridgehead atoms. The van der Waals surface area contributed by atoms with Gasteiger partial charge >= 0.3 is 12.2 Å². The second kappa shape index (κ2) is 15.0. The number of likely N-dealkylation sites (tertiary alicyclic amines) is 2. The molecule has 2 saturated carbocycles. The molecule has 2 aliphatic carbocycles. The lowest BCUT2D eigenvalue weighted by molar-refractivity contribution is -0.136. The first-order chi connectivity index (χ1) is 26.2. The number of nitrogens with one attached hydrogen (secondary N) is 4. The van der Waals surface area contributed by atoms with Crippen LogP contribution in [0.3, 0.4) is 0 Å². The zero-order valence-electron chi connectivity index (χ0n) is 31.2. The van der Waals surface area contributed by atoms with E-state index in [2.05, 4.69) is 69.1 Å². The Hall–Kier alpha value is -5.22. The quantitative estimate of drug-likeness (QED) is 0.146. The number of hydrogen-bond donors (Lipinski definition) is 4. The third-order valence-corrected chi connectivity index (χ3v) is 11.6. The molecule has 9 rings (SSSR count). The van der Waals surface area contributed by atoms with Crippen LogP contribution in [0.25, 0.3) is 44.3 Å². The number of rotatable bonds is 8. The van der Waals surface area contributed by atoms with Gasteiger partial charge in [0.1, 0.15) is 22.7 Å². The fourth-order valence-corrected chi connectivity index (χ4v) is 8.25. The number of amides is 4. The normalized spacial score (nSPS) is 20.2. The summed E-state index contributed by atoms with van der Waals surface area (Å²) in [5, 5.41) is 5.51. The van der Waals surface area contributed by atoms with E-state index in [0.717, 1.165) is 81.7 Å². The van der Waals surface area contributed by atoms with Crippen LogP contribution in [-0.4, -0.2) is 92.1 Å². The van der Waals surface area contributed by atoms with Gasteiger partial charge in [0.05, 0.1) is 48.4 Å². The number of alkyl carbamates (subject to hydrolysis) is 2. The van der Waals surface area contributed by atoms with Crippen LogP contribution in [0, 0.1) is 0 Å². The van der Waals surface area contributed by atoms with Gasteiger partial charge in [-0.05, 0) is 97.9 Å². The van der Waals surface area contributed by atoms with Crippen molar-refractivity contribution in [1.29, 1.82) is 0 Å². The summed E-state index contributed by atoms with van der Waals surface area (Å²) in [6, 6.07) is 20.4. The minimum Gasteiger partial charge on any atom is -0.453 e. The lowest BCUT2D eigenvalue weighted by Gasteiger charge is -2.28. The van der Waals surface area contributed by atoms with E-state index in [1.54, 1.807) is 0 Å². The number of aromatic amines is 2. The second-order valence-corrected chi connectivity index (χ2v) is 15.0. The lowest BCUT2D eigenvalue weighted by atomic mass is 10.00. The van der Waals surface area contributed by atoms with Gasteiger partial charge in [0.15, 0.2) is 0 Å². The summed E-state index contributed by atoms with van der Waals surface area (Å²) in [6.07, 6.45) is 4.58. The first-order valence-corrected chi connectivity index (χ1v) is 18.6. The molecule has 2 atom stereocenters. The largest absolute Gasteiger partial charge is 0.453 e. The molecule has 16 heteroatoms.